The number of nitrogens with zero attached hydrogens (tertiary/aromatic N) is 1. The van der Waals surface area contributed by atoms with Crippen molar-refractivity contribution in [2.75, 3.05) is 5.75 Å². The van der Waals surface area contributed by atoms with Gasteiger partial charge in [0.05, 0.1) is 10.6 Å². The zero-order valence-corrected chi connectivity index (χ0v) is 35.8. The summed E-state index contributed by atoms with van der Waals surface area (Å²) in [6.07, 6.45) is -1.40. The second-order valence-electron chi connectivity index (χ2n) is 14.0. The Hall–Kier alpha value is -5.40. The summed E-state index contributed by atoms with van der Waals surface area (Å²) >= 11 is 17.3. The van der Waals surface area contributed by atoms with Gasteiger partial charge in [-0.15, -0.1) is 11.8 Å². The SMILES string of the molecule is O=C(CCCC(NC(=O)c1ccc(Cl)cc1Cl)C(=O)OC(c1ccccc1)c1ccccc1)NC1C(=O)N2C(C(=O)OC(c3ccccc3)c3ccccc3)=C(Br)CSC12. The highest BCUT2D eigenvalue weighted by atomic mass is 79.9. The average molecular weight is 928 g/mol. The molecule has 14 heteroatoms. The number of hydrogen-bond acceptors (Lipinski definition) is 8. The minimum absolute atomic E-state index is 0.0259. The first-order chi connectivity index (χ1) is 29.1. The van der Waals surface area contributed by atoms with Gasteiger partial charge in [0, 0.05) is 21.7 Å². The molecular weight excluding hydrogens is 889 g/mol. The van der Waals surface area contributed by atoms with Gasteiger partial charge in [-0.1, -0.05) is 160 Å². The summed E-state index contributed by atoms with van der Waals surface area (Å²) in [7, 11) is 0. The molecule has 10 nitrogen and oxygen atoms in total. The highest BCUT2D eigenvalue weighted by Gasteiger charge is 2.54. The molecule has 2 aliphatic heterocycles. The van der Waals surface area contributed by atoms with Gasteiger partial charge in [0.2, 0.25) is 5.91 Å². The molecular formula is C46H38BrCl2N3O7S. The fourth-order valence-electron chi connectivity index (χ4n) is 6.97. The van der Waals surface area contributed by atoms with Crippen LogP contribution in [-0.4, -0.2) is 57.8 Å². The van der Waals surface area contributed by atoms with Crippen molar-refractivity contribution in [1.29, 1.82) is 0 Å². The van der Waals surface area contributed by atoms with Crippen LogP contribution in [0.2, 0.25) is 10.0 Å². The molecule has 60 heavy (non-hydrogen) atoms. The zero-order valence-electron chi connectivity index (χ0n) is 31.8. The smallest absolute Gasteiger partial charge is 0.356 e. The van der Waals surface area contributed by atoms with Crippen LogP contribution in [0.1, 0.15) is 64.1 Å². The van der Waals surface area contributed by atoms with Crippen molar-refractivity contribution in [3.8, 4) is 0 Å². The number of amides is 3. The summed E-state index contributed by atoms with van der Waals surface area (Å²) in [5.41, 5.74) is 3.20. The van der Waals surface area contributed by atoms with Gasteiger partial charge in [0.25, 0.3) is 11.8 Å². The third kappa shape index (κ3) is 9.96. The molecule has 0 aromatic heterocycles. The molecule has 5 aromatic rings. The van der Waals surface area contributed by atoms with Crippen molar-refractivity contribution in [2.24, 2.45) is 0 Å². The van der Waals surface area contributed by atoms with Crippen molar-refractivity contribution in [1.82, 2.24) is 15.5 Å². The number of esters is 2. The van der Waals surface area contributed by atoms with Crippen LogP contribution in [0, 0.1) is 0 Å². The molecule has 0 saturated carbocycles. The van der Waals surface area contributed by atoms with Crippen LogP contribution >= 0.6 is 50.9 Å². The van der Waals surface area contributed by atoms with Gasteiger partial charge < -0.3 is 20.1 Å². The van der Waals surface area contributed by atoms with E-state index in [4.69, 9.17) is 32.7 Å². The number of carbonyl (C=O) groups excluding carboxylic acids is 5. The second-order valence-corrected chi connectivity index (χ2v) is 16.9. The molecule has 0 bridgehead atoms. The molecule has 0 spiro atoms. The minimum atomic E-state index is -1.17. The highest BCUT2D eigenvalue weighted by Crippen LogP contribution is 2.43. The Labute approximate surface area is 369 Å². The molecule has 0 radical (unpaired) electrons. The summed E-state index contributed by atoms with van der Waals surface area (Å²) in [5, 5.41) is 5.46. The van der Waals surface area contributed by atoms with E-state index in [0.717, 1.165) is 22.3 Å². The van der Waals surface area contributed by atoms with Crippen molar-refractivity contribution < 1.29 is 33.4 Å². The van der Waals surface area contributed by atoms with Gasteiger partial charge in [0.15, 0.2) is 12.2 Å². The Morgan fingerprint density at radius 2 is 1.27 bits per heavy atom. The van der Waals surface area contributed by atoms with E-state index in [1.807, 2.05) is 121 Å². The zero-order chi connectivity index (χ0) is 42.2. The lowest BCUT2D eigenvalue weighted by Gasteiger charge is -2.49. The van der Waals surface area contributed by atoms with E-state index < -0.39 is 59.3 Å². The largest absolute Gasteiger partial charge is 0.451 e. The van der Waals surface area contributed by atoms with Crippen LogP contribution in [-0.2, 0) is 28.7 Å². The number of halogens is 3. The van der Waals surface area contributed by atoms with Gasteiger partial charge in [-0.2, -0.15) is 0 Å². The van der Waals surface area contributed by atoms with Crippen molar-refractivity contribution >= 4 is 80.6 Å². The Bertz CT molecular complexity index is 2310. The maximum atomic E-state index is 14.0. The number of fused-ring (bicyclic) bond motifs is 1. The third-order valence-corrected chi connectivity index (χ3v) is 12.8. The summed E-state index contributed by atoms with van der Waals surface area (Å²) in [5.74, 6) is -2.54. The maximum absolute atomic E-state index is 14.0. The predicted octanol–water partition coefficient (Wildman–Crippen LogP) is 8.93. The lowest BCUT2D eigenvalue weighted by Crippen LogP contribution is -2.70. The molecule has 3 atom stereocenters. The molecule has 2 N–H and O–H groups in total. The van der Waals surface area contributed by atoms with Crippen molar-refractivity contribution in [3.63, 3.8) is 0 Å². The normalized spacial score (nSPS) is 16.4. The Morgan fingerprint density at radius 3 is 1.78 bits per heavy atom. The molecule has 7 rings (SSSR count). The molecule has 1 fully saturated rings. The first-order valence-corrected chi connectivity index (χ1v) is 21.7. The van der Waals surface area contributed by atoms with E-state index in [2.05, 4.69) is 26.6 Å². The summed E-state index contributed by atoms with van der Waals surface area (Å²) in [6.45, 7) is 0. The number of benzene rings is 5. The molecule has 1 saturated heterocycles. The van der Waals surface area contributed by atoms with Gasteiger partial charge in [-0.05, 0) is 53.3 Å². The maximum Gasteiger partial charge on any atom is 0.356 e. The summed E-state index contributed by atoms with van der Waals surface area (Å²) in [4.78, 5) is 69.7. The monoisotopic (exact) mass is 925 g/mol. The molecule has 2 heterocycles. The predicted molar refractivity (Wildman–Crippen MR) is 234 cm³/mol. The number of β-lactam (4-membered cyclic amide) rings is 1. The lowest BCUT2D eigenvalue weighted by molar-refractivity contribution is -0.154. The fraction of sp³-hybridized carbons (Fsp3) is 0.196. The molecule has 306 valence electrons. The van der Waals surface area contributed by atoms with Crippen LogP contribution in [0.15, 0.2) is 150 Å². The van der Waals surface area contributed by atoms with Crippen LogP contribution < -0.4 is 10.6 Å². The second kappa shape index (κ2) is 19.8. The number of hydrogen-bond donors (Lipinski definition) is 2. The minimum Gasteiger partial charge on any atom is -0.451 e. The summed E-state index contributed by atoms with van der Waals surface area (Å²) < 4.78 is 12.7. The number of thioether (sulfide) groups is 1. The number of nitrogens with one attached hydrogen (secondary N) is 2. The molecule has 3 amide bonds. The third-order valence-electron chi connectivity index (χ3n) is 9.96. The number of rotatable bonds is 15. The van der Waals surface area contributed by atoms with E-state index in [1.165, 1.54) is 34.9 Å². The van der Waals surface area contributed by atoms with Gasteiger partial charge in [-0.3, -0.25) is 19.3 Å². The van der Waals surface area contributed by atoms with E-state index >= 15 is 0 Å². The van der Waals surface area contributed by atoms with E-state index in [-0.39, 0.29) is 35.5 Å². The van der Waals surface area contributed by atoms with Crippen LogP contribution in [0.4, 0.5) is 0 Å². The topological polar surface area (TPSA) is 131 Å². The van der Waals surface area contributed by atoms with Crippen molar-refractivity contribution in [2.45, 2.75) is 48.9 Å². The van der Waals surface area contributed by atoms with Crippen LogP contribution in [0.3, 0.4) is 0 Å². The molecule has 3 unspecified atom stereocenters. The first-order valence-electron chi connectivity index (χ1n) is 19.1. The van der Waals surface area contributed by atoms with E-state index in [9.17, 15) is 24.0 Å². The lowest BCUT2D eigenvalue weighted by atomic mass is 10.0. The highest BCUT2D eigenvalue weighted by molar-refractivity contribution is 9.11. The van der Waals surface area contributed by atoms with Gasteiger partial charge in [-0.25, -0.2) is 9.59 Å². The van der Waals surface area contributed by atoms with Gasteiger partial charge >= 0.3 is 11.9 Å². The standard InChI is InChI=1S/C46H38BrCl2N3O7S/c47-34-27-60-44-38(43(55)52(44)39(34)46(57)59-41(30-18-9-3-10-19-30)31-20-11-4-12-21-31)51-37(53)23-13-22-36(50-42(54)33-25-24-32(48)26-35(33)49)45(56)58-40(28-14-5-1-6-15-28)29-16-7-2-8-17-29/h1-12,14-21,24-26,36,38,40-41,44H,13,22-23,27H2,(H,50,54)(H,51,53). The quantitative estimate of drug-likeness (QED) is 0.0787. The molecule has 0 aliphatic carbocycles. The van der Waals surface area contributed by atoms with Crippen molar-refractivity contribution in [3.05, 3.63) is 188 Å². The Kier molecular flexibility index (Phi) is 14.1. The Balaban J connectivity index is 1.01. The Morgan fingerprint density at radius 1 is 0.750 bits per heavy atom. The van der Waals surface area contributed by atoms with E-state index in [0.29, 0.717) is 15.3 Å². The van der Waals surface area contributed by atoms with E-state index in [1.54, 1.807) is 0 Å². The number of carbonyl (C=O) groups is 5. The number of ether oxygens (including phenoxy) is 2. The van der Waals surface area contributed by atoms with Gasteiger partial charge in [0.1, 0.15) is 23.2 Å². The summed E-state index contributed by atoms with van der Waals surface area (Å²) in [6, 6.07) is 39.5. The van der Waals surface area contributed by atoms with Crippen LogP contribution in [0.5, 0.6) is 0 Å². The first kappa shape index (κ1) is 42.7. The average Bonchev–Trinajstić information content (AvgIpc) is 3.27. The fourth-order valence-corrected chi connectivity index (χ4v) is 9.41. The van der Waals surface area contributed by atoms with Crippen LogP contribution in [0.25, 0.3) is 0 Å². The molecule has 5 aromatic carbocycles. The molecule has 2 aliphatic rings.